The van der Waals surface area contributed by atoms with Crippen LogP contribution >= 0.6 is 11.8 Å². The second kappa shape index (κ2) is 7.34. The summed E-state index contributed by atoms with van der Waals surface area (Å²) in [6.07, 6.45) is -0.323. The van der Waals surface area contributed by atoms with Crippen molar-refractivity contribution in [1.29, 1.82) is 0 Å². The van der Waals surface area contributed by atoms with E-state index in [4.69, 9.17) is 10.6 Å². The van der Waals surface area contributed by atoms with E-state index in [-0.39, 0.29) is 17.8 Å². The maximum Gasteiger partial charge on any atom is 0.409 e. The smallest absolute Gasteiger partial charge is 0.409 e. The number of thioether (sulfide) groups is 1. The van der Waals surface area contributed by atoms with Gasteiger partial charge < -0.3 is 20.4 Å². The Balaban J connectivity index is 1.78. The zero-order valence-electron chi connectivity index (χ0n) is 12.7. The van der Waals surface area contributed by atoms with Crippen molar-refractivity contribution in [3.63, 3.8) is 0 Å². The van der Waals surface area contributed by atoms with Crippen molar-refractivity contribution < 1.29 is 14.3 Å². The van der Waals surface area contributed by atoms with E-state index in [1.54, 1.807) is 23.6 Å². The molecule has 0 bridgehead atoms. The number of piperazine rings is 1. The highest BCUT2D eigenvalue weighted by Gasteiger charge is 2.25. The van der Waals surface area contributed by atoms with Crippen LogP contribution in [0.3, 0.4) is 0 Å². The number of carbonyl (C=O) groups is 2. The SMILES string of the molecule is CCOC(=O)N1CCN(C(=O)CSc2nnc(C)n2N)CC1. The molecule has 0 aromatic carbocycles. The van der Waals surface area contributed by atoms with E-state index in [1.165, 1.54) is 16.4 Å². The van der Waals surface area contributed by atoms with Crippen LogP contribution in [0.1, 0.15) is 12.7 Å². The molecular formula is C12H20N6O3S. The summed E-state index contributed by atoms with van der Waals surface area (Å²) in [6, 6.07) is 0. The molecule has 2 rings (SSSR count). The third-order valence-corrected chi connectivity index (χ3v) is 4.25. The monoisotopic (exact) mass is 328 g/mol. The lowest BCUT2D eigenvalue weighted by atomic mass is 10.3. The second-order valence-corrected chi connectivity index (χ2v) is 5.70. The van der Waals surface area contributed by atoms with Crippen LogP contribution in [0.15, 0.2) is 5.16 Å². The summed E-state index contributed by atoms with van der Waals surface area (Å²) in [5.74, 6) is 6.57. The lowest BCUT2D eigenvalue weighted by Gasteiger charge is -2.33. The number of amides is 2. The Bertz CT molecular complexity index is 541. The van der Waals surface area contributed by atoms with Gasteiger partial charge in [0.2, 0.25) is 11.1 Å². The normalized spacial score (nSPS) is 15.0. The molecule has 1 fully saturated rings. The number of nitrogens with zero attached hydrogens (tertiary/aromatic N) is 5. The number of nitrogen functional groups attached to an aromatic ring is 1. The minimum absolute atomic E-state index is 0.00541. The first-order valence-electron chi connectivity index (χ1n) is 7.02. The fourth-order valence-electron chi connectivity index (χ4n) is 2.02. The van der Waals surface area contributed by atoms with Crippen LogP contribution in [-0.4, -0.2) is 75.2 Å². The van der Waals surface area contributed by atoms with E-state index < -0.39 is 0 Å². The molecule has 122 valence electrons. The highest BCUT2D eigenvalue weighted by molar-refractivity contribution is 7.99. The number of hydrogen-bond donors (Lipinski definition) is 1. The minimum atomic E-state index is -0.323. The molecule has 0 atom stereocenters. The fourth-order valence-corrected chi connectivity index (χ4v) is 2.82. The maximum absolute atomic E-state index is 12.2. The van der Waals surface area contributed by atoms with Crippen LogP contribution in [0.4, 0.5) is 4.79 Å². The van der Waals surface area contributed by atoms with Gasteiger partial charge in [-0.1, -0.05) is 11.8 Å². The molecule has 0 saturated carbocycles. The summed E-state index contributed by atoms with van der Waals surface area (Å²) < 4.78 is 6.30. The molecule has 2 amide bonds. The van der Waals surface area contributed by atoms with Crippen molar-refractivity contribution in [3.8, 4) is 0 Å². The highest BCUT2D eigenvalue weighted by atomic mass is 32.2. The number of ether oxygens (including phenoxy) is 1. The Morgan fingerprint density at radius 3 is 2.41 bits per heavy atom. The lowest BCUT2D eigenvalue weighted by molar-refractivity contribution is -0.129. The van der Waals surface area contributed by atoms with E-state index in [0.29, 0.717) is 43.8 Å². The van der Waals surface area contributed by atoms with Gasteiger partial charge in [-0.3, -0.25) is 4.79 Å². The average molecular weight is 328 g/mol. The Morgan fingerprint density at radius 1 is 1.23 bits per heavy atom. The molecule has 22 heavy (non-hydrogen) atoms. The Morgan fingerprint density at radius 2 is 1.86 bits per heavy atom. The molecule has 9 nitrogen and oxygen atoms in total. The Kier molecular flexibility index (Phi) is 5.47. The molecular weight excluding hydrogens is 308 g/mol. The van der Waals surface area contributed by atoms with Crippen molar-refractivity contribution in [2.45, 2.75) is 19.0 Å². The van der Waals surface area contributed by atoms with Gasteiger partial charge in [0.05, 0.1) is 12.4 Å². The van der Waals surface area contributed by atoms with Crippen LogP contribution < -0.4 is 5.84 Å². The highest BCUT2D eigenvalue weighted by Crippen LogP contribution is 2.15. The largest absolute Gasteiger partial charge is 0.450 e. The van der Waals surface area contributed by atoms with E-state index in [2.05, 4.69) is 10.2 Å². The van der Waals surface area contributed by atoms with Gasteiger partial charge in [-0.15, -0.1) is 10.2 Å². The number of carbonyl (C=O) groups excluding carboxylic acids is 2. The van der Waals surface area contributed by atoms with Crippen LogP contribution in [0.25, 0.3) is 0 Å². The Labute approximate surface area is 132 Å². The number of aromatic nitrogens is 3. The van der Waals surface area contributed by atoms with E-state index in [1.807, 2.05) is 0 Å². The predicted molar refractivity (Wildman–Crippen MR) is 80.8 cm³/mol. The first-order chi connectivity index (χ1) is 10.5. The topological polar surface area (TPSA) is 107 Å². The van der Waals surface area contributed by atoms with Gasteiger partial charge in [-0.05, 0) is 13.8 Å². The average Bonchev–Trinajstić information content (AvgIpc) is 2.84. The number of rotatable bonds is 4. The second-order valence-electron chi connectivity index (χ2n) is 4.76. The van der Waals surface area contributed by atoms with Crippen molar-refractivity contribution in [2.24, 2.45) is 0 Å². The molecule has 1 aromatic rings. The summed E-state index contributed by atoms with van der Waals surface area (Å²) in [5, 5.41) is 8.25. The van der Waals surface area contributed by atoms with Gasteiger partial charge in [-0.2, -0.15) is 0 Å². The quantitative estimate of drug-likeness (QED) is 0.597. The fraction of sp³-hybridized carbons (Fsp3) is 0.667. The van der Waals surface area contributed by atoms with Crippen LogP contribution in [0.2, 0.25) is 0 Å². The van der Waals surface area contributed by atoms with Crippen LogP contribution in [0.5, 0.6) is 0 Å². The number of nitrogens with two attached hydrogens (primary N) is 1. The van der Waals surface area contributed by atoms with Gasteiger partial charge in [0, 0.05) is 26.2 Å². The summed E-state index contributed by atoms with van der Waals surface area (Å²) in [6.45, 7) is 5.86. The van der Waals surface area contributed by atoms with E-state index in [0.717, 1.165) is 0 Å². The van der Waals surface area contributed by atoms with Gasteiger partial charge in [0.1, 0.15) is 5.82 Å². The van der Waals surface area contributed by atoms with Gasteiger partial charge in [0.15, 0.2) is 0 Å². The molecule has 10 heteroatoms. The van der Waals surface area contributed by atoms with Crippen molar-refractivity contribution in [2.75, 3.05) is 44.4 Å². The third kappa shape index (κ3) is 3.81. The molecule has 2 N–H and O–H groups in total. The van der Waals surface area contributed by atoms with Gasteiger partial charge in [-0.25, -0.2) is 9.47 Å². The predicted octanol–water partition coefficient (Wildman–Crippen LogP) is -0.307. The molecule has 0 radical (unpaired) electrons. The first kappa shape index (κ1) is 16.4. The van der Waals surface area contributed by atoms with Crippen molar-refractivity contribution in [1.82, 2.24) is 24.7 Å². The molecule has 1 aromatic heterocycles. The van der Waals surface area contributed by atoms with Crippen LogP contribution in [0, 0.1) is 6.92 Å². The molecule has 0 unspecified atom stereocenters. The molecule has 2 heterocycles. The van der Waals surface area contributed by atoms with E-state index >= 15 is 0 Å². The van der Waals surface area contributed by atoms with Gasteiger partial charge in [0.25, 0.3) is 0 Å². The number of aryl methyl sites for hydroxylation is 1. The molecule has 0 spiro atoms. The van der Waals surface area contributed by atoms with Gasteiger partial charge >= 0.3 is 6.09 Å². The lowest BCUT2D eigenvalue weighted by Crippen LogP contribution is -2.51. The molecule has 0 aliphatic carbocycles. The Hall–Kier alpha value is -1.97. The van der Waals surface area contributed by atoms with Crippen molar-refractivity contribution in [3.05, 3.63) is 5.82 Å². The first-order valence-corrected chi connectivity index (χ1v) is 8.00. The molecule has 1 aliphatic rings. The van der Waals surface area contributed by atoms with E-state index in [9.17, 15) is 9.59 Å². The van der Waals surface area contributed by atoms with Crippen molar-refractivity contribution >= 4 is 23.8 Å². The number of hydrogen-bond acceptors (Lipinski definition) is 7. The van der Waals surface area contributed by atoms with Crippen LogP contribution in [-0.2, 0) is 9.53 Å². The minimum Gasteiger partial charge on any atom is -0.450 e. The summed E-state index contributed by atoms with van der Waals surface area (Å²) >= 11 is 1.25. The summed E-state index contributed by atoms with van der Waals surface area (Å²) in [5.41, 5.74) is 0. The molecule has 1 saturated heterocycles. The standard InChI is InChI=1S/C12H20N6O3S/c1-3-21-12(20)17-6-4-16(5-7-17)10(19)8-22-11-15-14-9(2)18(11)13/h3-8,13H2,1-2H3. The molecule has 1 aliphatic heterocycles. The third-order valence-electron chi connectivity index (χ3n) is 3.32. The zero-order chi connectivity index (χ0) is 16.1. The summed E-state index contributed by atoms with van der Waals surface area (Å²) in [7, 11) is 0. The summed E-state index contributed by atoms with van der Waals surface area (Å²) in [4.78, 5) is 27.1. The maximum atomic E-state index is 12.2. The zero-order valence-corrected chi connectivity index (χ0v) is 13.5.